The first-order chi connectivity index (χ1) is 12.8. The molecule has 2 fully saturated rings. The molecule has 3 nitrogen and oxygen atoms in total. The summed E-state index contributed by atoms with van der Waals surface area (Å²) in [7, 11) is 0. The van der Waals surface area contributed by atoms with Crippen LogP contribution in [0, 0.1) is 5.92 Å². The van der Waals surface area contributed by atoms with E-state index in [9.17, 15) is 0 Å². The minimum atomic E-state index is 0.0680. The summed E-state index contributed by atoms with van der Waals surface area (Å²) in [5.74, 6) is 0.309. The molecule has 2 aromatic carbocycles. The zero-order valence-corrected chi connectivity index (χ0v) is 15.0. The Bertz CT molecular complexity index is 818. The highest BCUT2D eigenvalue weighted by Gasteiger charge is 2.60. The van der Waals surface area contributed by atoms with Crippen molar-refractivity contribution in [3.05, 3.63) is 77.9 Å². The number of ether oxygens (including phenoxy) is 2. The molecule has 26 heavy (non-hydrogen) atoms. The number of rotatable bonds is 4. The monoisotopic (exact) mass is 347 g/mol. The molecule has 3 heteroatoms. The molecule has 2 aliphatic heterocycles. The normalized spacial score (nSPS) is 31.8. The minimum absolute atomic E-state index is 0.0680. The third kappa shape index (κ3) is 2.34. The molecule has 1 aliphatic carbocycles. The highest BCUT2D eigenvalue weighted by Crippen LogP contribution is 2.57. The first-order valence-corrected chi connectivity index (χ1v) is 9.56. The SMILES string of the molecule is C=C1C[C@H]2OCC[C@@]23c2ccccc2N[C@H]3[C@@H]1COCc1ccccc1. The quantitative estimate of drug-likeness (QED) is 0.837. The van der Waals surface area contributed by atoms with Gasteiger partial charge in [0.15, 0.2) is 0 Å². The standard InChI is InChI=1S/C23H25NO2/c1-16-13-21-23(11-12-26-21)19-9-5-6-10-20(19)24-22(23)18(16)15-25-14-17-7-3-2-4-8-17/h2-10,18,21-22,24H,1,11-15H2/t18-,21-,22+,23-/m1/s1. The Morgan fingerprint density at radius 1 is 1.12 bits per heavy atom. The van der Waals surface area contributed by atoms with Crippen molar-refractivity contribution in [3.8, 4) is 0 Å². The van der Waals surface area contributed by atoms with Gasteiger partial charge < -0.3 is 14.8 Å². The Labute approximate surface area is 155 Å². The van der Waals surface area contributed by atoms with Gasteiger partial charge in [-0.1, -0.05) is 60.7 Å². The molecule has 134 valence electrons. The van der Waals surface area contributed by atoms with E-state index in [0.717, 1.165) is 19.4 Å². The van der Waals surface area contributed by atoms with Gasteiger partial charge in [-0.25, -0.2) is 0 Å². The van der Waals surface area contributed by atoms with E-state index in [1.165, 1.54) is 22.4 Å². The van der Waals surface area contributed by atoms with E-state index in [1.807, 2.05) is 6.07 Å². The second kappa shape index (κ2) is 6.26. The van der Waals surface area contributed by atoms with Gasteiger partial charge in [-0.3, -0.25) is 0 Å². The lowest BCUT2D eigenvalue weighted by Crippen LogP contribution is -2.54. The van der Waals surface area contributed by atoms with E-state index in [4.69, 9.17) is 9.47 Å². The molecule has 2 heterocycles. The average molecular weight is 347 g/mol. The number of para-hydroxylation sites is 1. The van der Waals surface area contributed by atoms with Crippen LogP contribution in [0.4, 0.5) is 5.69 Å². The predicted octanol–water partition coefficient (Wildman–Crippen LogP) is 4.30. The summed E-state index contributed by atoms with van der Waals surface area (Å²) in [6.45, 7) is 6.59. The van der Waals surface area contributed by atoms with Gasteiger partial charge in [-0.05, 0) is 30.0 Å². The van der Waals surface area contributed by atoms with Crippen LogP contribution in [0.1, 0.15) is 24.0 Å². The summed E-state index contributed by atoms with van der Waals surface area (Å²) >= 11 is 0. The number of fused-ring (bicyclic) bond motifs is 1. The lowest BCUT2D eigenvalue weighted by Gasteiger charge is -2.46. The van der Waals surface area contributed by atoms with E-state index in [1.54, 1.807) is 0 Å². The van der Waals surface area contributed by atoms with E-state index in [0.29, 0.717) is 25.2 Å². The summed E-state index contributed by atoms with van der Waals surface area (Å²) in [6.07, 6.45) is 2.25. The van der Waals surface area contributed by atoms with Crippen molar-refractivity contribution >= 4 is 5.69 Å². The van der Waals surface area contributed by atoms with Crippen molar-refractivity contribution in [2.24, 2.45) is 5.92 Å². The molecular weight excluding hydrogens is 322 g/mol. The Balaban J connectivity index is 1.40. The fourth-order valence-corrected chi connectivity index (χ4v) is 5.24. The summed E-state index contributed by atoms with van der Waals surface area (Å²) in [5.41, 5.74) is 5.22. The Kier molecular flexibility index (Phi) is 3.87. The van der Waals surface area contributed by atoms with Gasteiger partial charge in [-0.2, -0.15) is 0 Å². The Morgan fingerprint density at radius 2 is 1.92 bits per heavy atom. The largest absolute Gasteiger partial charge is 0.380 e. The summed E-state index contributed by atoms with van der Waals surface area (Å²) < 4.78 is 12.3. The molecule has 0 bridgehead atoms. The average Bonchev–Trinajstić information content (AvgIpc) is 3.24. The van der Waals surface area contributed by atoms with Gasteiger partial charge in [0, 0.05) is 29.7 Å². The molecular formula is C23H25NO2. The van der Waals surface area contributed by atoms with E-state index in [2.05, 4.69) is 60.4 Å². The molecule has 0 amide bonds. The van der Waals surface area contributed by atoms with Gasteiger partial charge in [0.25, 0.3) is 0 Å². The first-order valence-electron chi connectivity index (χ1n) is 9.56. The molecule has 3 aliphatic rings. The summed E-state index contributed by atoms with van der Waals surface area (Å²) in [6, 6.07) is 19.4. The van der Waals surface area contributed by atoms with Crippen molar-refractivity contribution < 1.29 is 9.47 Å². The molecule has 0 unspecified atom stereocenters. The fraction of sp³-hybridized carbons (Fsp3) is 0.391. The van der Waals surface area contributed by atoms with E-state index < -0.39 is 0 Å². The van der Waals surface area contributed by atoms with Crippen LogP contribution in [-0.2, 0) is 21.5 Å². The maximum Gasteiger partial charge on any atom is 0.0730 e. The highest BCUT2D eigenvalue weighted by molar-refractivity contribution is 5.64. The molecule has 4 atom stereocenters. The van der Waals surface area contributed by atoms with Crippen molar-refractivity contribution in [1.82, 2.24) is 0 Å². The van der Waals surface area contributed by atoms with Gasteiger partial charge in [0.05, 0.1) is 19.3 Å². The number of hydrogen-bond donors (Lipinski definition) is 1. The Morgan fingerprint density at radius 3 is 2.81 bits per heavy atom. The number of benzene rings is 2. The summed E-state index contributed by atoms with van der Waals surface area (Å²) in [4.78, 5) is 0. The fourth-order valence-electron chi connectivity index (χ4n) is 5.24. The van der Waals surface area contributed by atoms with Crippen LogP contribution in [0.2, 0.25) is 0 Å². The van der Waals surface area contributed by atoms with E-state index in [-0.39, 0.29) is 11.5 Å². The van der Waals surface area contributed by atoms with Crippen LogP contribution in [0.5, 0.6) is 0 Å². The molecule has 5 rings (SSSR count). The third-order valence-electron chi connectivity index (χ3n) is 6.49. The molecule has 1 spiro atoms. The van der Waals surface area contributed by atoms with Crippen LogP contribution < -0.4 is 5.32 Å². The number of nitrogens with one attached hydrogen (secondary N) is 1. The van der Waals surface area contributed by atoms with Gasteiger partial charge in [0.2, 0.25) is 0 Å². The van der Waals surface area contributed by atoms with Crippen LogP contribution in [0.3, 0.4) is 0 Å². The predicted molar refractivity (Wildman–Crippen MR) is 103 cm³/mol. The van der Waals surface area contributed by atoms with E-state index >= 15 is 0 Å². The maximum absolute atomic E-state index is 6.17. The lowest BCUT2D eigenvalue weighted by molar-refractivity contribution is 0.0265. The molecule has 1 saturated heterocycles. The van der Waals surface area contributed by atoms with Crippen LogP contribution in [0.15, 0.2) is 66.7 Å². The van der Waals surface area contributed by atoms with Gasteiger partial charge >= 0.3 is 0 Å². The van der Waals surface area contributed by atoms with Crippen LogP contribution in [-0.4, -0.2) is 25.4 Å². The van der Waals surface area contributed by atoms with Gasteiger partial charge in [0.1, 0.15) is 0 Å². The van der Waals surface area contributed by atoms with Crippen molar-refractivity contribution in [3.63, 3.8) is 0 Å². The van der Waals surface area contributed by atoms with Crippen LogP contribution >= 0.6 is 0 Å². The number of hydrogen-bond acceptors (Lipinski definition) is 3. The first kappa shape index (κ1) is 16.1. The lowest BCUT2D eigenvalue weighted by atomic mass is 9.61. The second-order valence-electron chi connectivity index (χ2n) is 7.79. The smallest absolute Gasteiger partial charge is 0.0730 e. The topological polar surface area (TPSA) is 30.5 Å². The number of anilines is 1. The zero-order valence-electron chi connectivity index (χ0n) is 15.0. The van der Waals surface area contributed by atoms with Crippen LogP contribution in [0.25, 0.3) is 0 Å². The molecule has 2 aromatic rings. The zero-order chi connectivity index (χ0) is 17.6. The minimum Gasteiger partial charge on any atom is -0.380 e. The second-order valence-corrected chi connectivity index (χ2v) is 7.79. The Hall–Kier alpha value is -2.10. The highest BCUT2D eigenvalue weighted by atomic mass is 16.5. The molecule has 0 aromatic heterocycles. The maximum atomic E-state index is 6.17. The third-order valence-corrected chi connectivity index (χ3v) is 6.49. The molecule has 0 radical (unpaired) electrons. The molecule has 1 saturated carbocycles. The van der Waals surface area contributed by atoms with Crippen molar-refractivity contribution in [2.75, 3.05) is 18.5 Å². The molecule has 1 N–H and O–H groups in total. The van der Waals surface area contributed by atoms with Gasteiger partial charge in [-0.15, -0.1) is 0 Å². The van der Waals surface area contributed by atoms with Crippen molar-refractivity contribution in [1.29, 1.82) is 0 Å². The van der Waals surface area contributed by atoms with Crippen molar-refractivity contribution in [2.45, 2.75) is 37.0 Å². The summed E-state index contributed by atoms with van der Waals surface area (Å²) in [5, 5.41) is 3.81.